The Labute approximate surface area is 119 Å². The van der Waals surface area contributed by atoms with Gasteiger partial charge in [-0.25, -0.2) is 4.98 Å². The van der Waals surface area contributed by atoms with Gasteiger partial charge in [-0.2, -0.15) is 0 Å². The van der Waals surface area contributed by atoms with E-state index < -0.39 is 0 Å². The van der Waals surface area contributed by atoms with Crippen molar-refractivity contribution in [2.45, 2.75) is 19.0 Å². The number of imidazole rings is 1. The standard InChI is InChI=1S/C15H20N4O/c1-18-11-17-14-9-19(7-12(10-20-2)15(14)18)8-13-5-3-4-6-16-13/h3-6,11-12H,7-10H2,1-2H3/t12-/m0/s1. The normalized spacial score (nSPS) is 19.0. The predicted molar refractivity (Wildman–Crippen MR) is 76.2 cm³/mol. The van der Waals surface area contributed by atoms with Gasteiger partial charge in [0.2, 0.25) is 0 Å². The van der Waals surface area contributed by atoms with Crippen molar-refractivity contribution < 1.29 is 4.74 Å². The molecule has 0 aliphatic carbocycles. The molecule has 3 rings (SSSR count). The Hall–Kier alpha value is -1.72. The van der Waals surface area contributed by atoms with E-state index >= 15 is 0 Å². The molecular formula is C15H20N4O. The largest absolute Gasteiger partial charge is 0.384 e. The van der Waals surface area contributed by atoms with Crippen molar-refractivity contribution in [2.24, 2.45) is 7.05 Å². The lowest BCUT2D eigenvalue weighted by atomic mass is 9.99. The van der Waals surface area contributed by atoms with Crippen molar-refractivity contribution in [1.82, 2.24) is 19.4 Å². The second-order valence-electron chi connectivity index (χ2n) is 5.33. The van der Waals surface area contributed by atoms with Gasteiger partial charge in [0.25, 0.3) is 0 Å². The lowest BCUT2D eigenvalue weighted by Crippen LogP contribution is -2.36. The average Bonchev–Trinajstić information content (AvgIpc) is 2.82. The minimum atomic E-state index is 0.375. The average molecular weight is 272 g/mol. The van der Waals surface area contributed by atoms with Crippen molar-refractivity contribution >= 4 is 0 Å². The van der Waals surface area contributed by atoms with Crippen molar-refractivity contribution in [1.29, 1.82) is 0 Å². The molecule has 0 aromatic carbocycles. The minimum absolute atomic E-state index is 0.375. The summed E-state index contributed by atoms with van der Waals surface area (Å²) in [7, 11) is 3.82. The number of fused-ring (bicyclic) bond motifs is 1. The second-order valence-corrected chi connectivity index (χ2v) is 5.33. The summed E-state index contributed by atoms with van der Waals surface area (Å²) in [4.78, 5) is 11.3. The van der Waals surface area contributed by atoms with Gasteiger partial charge in [0.1, 0.15) is 0 Å². The minimum Gasteiger partial charge on any atom is -0.384 e. The van der Waals surface area contributed by atoms with Crippen molar-refractivity contribution in [2.75, 3.05) is 20.3 Å². The van der Waals surface area contributed by atoms with Crippen molar-refractivity contribution in [3.63, 3.8) is 0 Å². The van der Waals surface area contributed by atoms with E-state index in [1.165, 1.54) is 5.69 Å². The number of rotatable bonds is 4. The van der Waals surface area contributed by atoms with Crippen LogP contribution in [0.15, 0.2) is 30.7 Å². The number of ether oxygens (including phenoxy) is 1. The lowest BCUT2D eigenvalue weighted by Gasteiger charge is -2.32. The van der Waals surface area contributed by atoms with E-state index in [1.54, 1.807) is 7.11 Å². The van der Waals surface area contributed by atoms with Gasteiger partial charge < -0.3 is 9.30 Å². The second kappa shape index (κ2) is 5.73. The summed E-state index contributed by atoms with van der Waals surface area (Å²) in [5, 5.41) is 0. The van der Waals surface area contributed by atoms with Crippen LogP contribution in [0.4, 0.5) is 0 Å². The molecule has 1 aliphatic rings. The van der Waals surface area contributed by atoms with E-state index in [-0.39, 0.29) is 0 Å². The van der Waals surface area contributed by atoms with Gasteiger partial charge in [0.15, 0.2) is 0 Å². The number of pyridine rings is 1. The first-order valence-corrected chi connectivity index (χ1v) is 6.89. The van der Waals surface area contributed by atoms with Crippen LogP contribution < -0.4 is 0 Å². The van der Waals surface area contributed by atoms with Crippen LogP contribution in [0, 0.1) is 0 Å². The fourth-order valence-electron chi connectivity index (χ4n) is 2.98. The maximum Gasteiger partial charge on any atom is 0.0949 e. The Morgan fingerprint density at radius 2 is 2.25 bits per heavy atom. The van der Waals surface area contributed by atoms with Gasteiger partial charge in [0.05, 0.1) is 24.3 Å². The molecule has 0 radical (unpaired) electrons. The molecular weight excluding hydrogens is 252 g/mol. The summed E-state index contributed by atoms with van der Waals surface area (Å²) in [6, 6.07) is 6.05. The van der Waals surface area contributed by atoms with Gasteiger partial charge >= 0.3 is 0 Å². The fourth-order valence-corrected chi connectivity index (χ4v) is 2.98. The fraction of sp³-hybridized carbons (Fsp3) is 0.467. The van der Waals surface area contributed by atoms with E-state index in [0.717, 1.165) is 37.6 Å². The van der Waals surface area contributed by atoms with Gasteiger partial charge in [-0.1, -0.05) is 6.07 Å². The Morgan fingerprint density at radius 3 is 3.00 bits per heavy atom. The molecule has 0 N–H and O–H groups in total. The molecule has 1 atom stereocenters. The number of nitrogens with zero attached hydrogens (tertiary/aromatic N) is 4. The maximum atomic E-state index is 5.38. The lowest BCUT2D eigenvalue weighted by molar-refractivity contribution is 0.131. The molecule has 0 saturated carbocycles. The van der Waals surface area contributed by atoms with Gasteiger partial charge in [-0.05, 0) is 12.1 Å². The van der Waals surface area contributed by atoms with Gasteiger partial charge in [-0.15, -0.1) is 0 Å². The molecule has 5 nitrogen and oxygen atoms in total. The van der Waals surface area contributed by atoms with E-state index in [1.807, 2.05) is 24.7 Å². The van der Waals surface area contributed by atoms with Crippen LogP contribution in [0.25, 0.3) is 0 Å². The Balaban J connectivity index is 1.79. The van der Waals surface area contributed by atoms with Crippen LogP contribution in [0.5, 0.6) is 0 Å². The van der Waals surface area contributed by atoms with Crippen LogP contribution in [-0.4, -0.2) is 39.7 Å². The summed E-state index contributed by atoms with van der Waals surface area (Å²) in [6.07, 6.45) is 3.75. The maximum absolute atomic E-state index is 5.38. The molecule has 0 fully saturated rings. The molecule has 0 bridgehead atoms. The van der Waals surface area contributed by atoms with E-state index in [4.69, 9.17) is 4.74 Å². The quantitative estimate of drug-likeness (QED) is 0.847. The monoisotopic (exact) mass is 272 g/mol. The smallest absolute Gasteiger partial charge is 0.0949 e. The zero-order valence-corrected chi connectivity index (χ0v) is 12.0. The first-order valence-electron chi connectivity index (χ1n) is 6.89. The third-order valence-corrected chi connectivity index (χ3v) is 3.78. The van der Waals surface area contributed by atoms with Gasteiger partial charge in [-0.3, -0.25) is 9.88 Å². The van der Waals surface area contributed by atoms with Crippen molar-refractivity contribution in [3.05, 3.63) is 47.8 Å². The number of aromatic nitrogens is 3. The van der Waals surface area contributed by atoms with Crippen LogP contribution >= 0.6 is 0 Å². The van der Waals surface area contributed by atoms with Crippen LogP contribution in [0.3, 0.4) is 0 Å². The van der Waals surface area contributed by atoms with Crippen LogP contribution in [0.1, 0.15) is 23.0 Å². The van der Waals surface area contributed by atoms with Crippen molar-refractivity contribution in [3.8, 4) is 0 Å². The van der Waals surface area contributed by atoms with Crippen LogP contribution in [0.2, 0.25) is 0 Å². The SMILES string of the molecule is COC[C@@H]1CN(Cc2ccccn2)Cc2ncn(C)c21. The van der Waals surface area contributed by atoms with E-state index in [0.29, 0.717) is 5.92 Å². The first kappa shape index (κ1) is 13.3. The molecule has 5 heteroatoms. The highest BCUT2D eigenvalue weighted by Crippen LogP contribution is 2.28. The molecule has 2 aromatic heterocycles. The third-order valence-electron chi connectivity index (χ3n) is 3.78. The Kier molecular flexibility index (Phi) is 3.80. The highest BCUT2D eigenvalue weighted by Gasteiger charge is 2.28. The zero-order valence-electron chi connectivity index (χ0n) is 12.0. The summed E-state index contributed by atoms with van der Waals surface area (Å²) < 4.78 is 7.50. The molecule has 2 aromatic rings. The van der Waals surface area contributed by atoms with Gasteiger partial charge in [0, 0.05) is 51.6 Å². The van der Waals surface area contributed by atoms with Crippen LogP contribution in [-0.2, 0) is 24.9 Å². The summed E-state index contributed by atoms with van der Waals surface area (Å²) in [5.41, 5.74) is 3.57. The molecule has 0 saturated heterocycles. The molecule has 1 aliphatic heterocycles. The number of aryl methyl sites for hydroxylation is 1. The summed E-state index contributed by atoms with van der Waals surface area (Å²) >= 11 is 0. The molecule has 0 spiro atoms. The molecule has 0 amide bonds. The topological polar surface area (TPSA) is 43.2 Å². The predicted octanol–water partition coefficient (Wildman–Crippen LogP) is 1.56. The molecule has 0 unspecified atom stereocenters. The van der Waals surface area contributed by atoms with E-state index in [9.17, 15) is 0 Å². The summed E-state index contributed by atoms with van der Waals surface area (Å²) in [5.74, 6) is 0.375. The highest BCUT2D eigenvalue weighted by atomic mass is 16.5. The summed E-state index contributed by atoms with van der Waals surface area (Å²) in [6.45, 7) is 3.45. The molecule has 3 heterocycles. The number of hydrogen-bond acceptors (Lipinski definition) is 4. The van der Waals surface area contributed by atoms with E-state index in [2.05, 4.69) is 32.5 Å². The third kappa shape index (κ3) is 2.59. The first-order chi connectivity index (χ1) is 9.78. The highest BCUT2D eigenvalue weighted by molar-refractivity contribution is 5.22. The zero-order chi connectivity index (χ0) is 13.9. The Morgan fingerprint density at radius 1 is 1.35 bits per heavy atom. The molecule has 106 valence electrons. The number of methoxy groups -OCH3 is 1. The Bertz CT molecular complexity index is 567. The molecule has 20 heavy (non-hydrogen) atoms. The number of hydrogen-bond donors (Lipinski definition) is 0.